The average molecular weight is 365 g/mol. The number of nitro groups is 1. The van der Waals surface area contributed by atoms with Crippen LogP contribution in [-0.2, 0) is 6.54 Å². The SMILES string of the molecule is NCCCCCNc1nc(NCc2ccccc2Cl)ncc1[N+](=O)[O-]. The molecule has 0 fully saturated rings. The third kappa shape index (κ3) is 5.84. The van der Waals surface area contributed by atoms with E-state index in [2.05, 4.69) is 20.6 Å². The molecule has 0 aliphatic heterocycles. The summed E-state index contributed by atoms with van der Waals surface area (Å²) in [5.41, 5.74) is 6.19. The molecule has 2 rings (SSSR count). The molecule has 9 heteroatoms. The van der Waals surface area contributed by atoms with Gasteiger partial charge in [0.05, 0.1) is 4.92 Å². The first-order valence-electron chi connectivity index (χ1n) is 8.04. The van der Waals surface area contributed by atoms with Gasteiger partial charge in [-0.15, -0.1) is 0 Å². The Kier molecular flexibility index (Phi) is 7.36. The first kappa shape index (κ1) is 18.9. The van der Waals surface area contributed by atoms with Crippen molar-refractivity contribution in [2.24, 2.45) is 5.73 Å². The fourth-order valence-corrected chi connectivity index (χ4v) is 2.40. The molecule has 0 spiro atoms. The number of rotatable bonds is 10. The van der Waals surface area contributed by atoms with Crippen LogP contribution in [0.2, 0.25) is 5.02 Å². The van der Waals surface area contributed by atoms with E-state index >= 15 is 0 Å². The monoisotopic (exact) mass is 364 g/mol. The molecule has 0 amide bonds. The van der Waals surface area contributed by atoms with Gasteiger partial charge in [0.25, 0.3) is 0 Å². The summed E-state index contributed by atoms with van der Waals surface area (Å²) in [6.07, 6.45) is 3.95. The number of hydrogen-bond acceptors (Lipinski definition) is 7. The highest BCUT2D eigenvalue weighted by atomic mass is 35.5. The highest BCUT2D eigenvalue weighted by Crippen LogP contribution is 2.23. The van der Waals surface area contributed by atoms with E-state index in [-0.39, 0.29) is 11.5 Å². The van der Waals surface area contributed by atoms with Gasteiger partial charge in [0.2, 0.25) is 11.8 Å². The van der Waals surface area contributed by atoms with Crippen molar-refractivity contribution < 1.29 is 4.92 Å². The molecule has 0 radical (unpaired) electrons. The number of nitrogens with one attached hydrogen (secondary N) is 2. The predicted octanol–water partition coefficient (Wildman–Crippen LogP) is 3.19. The number of anilines is 2. The minimum absolute atomic E-state index is 0.151. The van der Waals surface area contributed by atoms with E-state index in [1.165, 1.54) is 6.20 Å². The first-order chi connectivity index (χ1) is 12.1. The molecule has 0 unspecified atom stereocenters. The molecule has 1 heterocycles. The third-order valence-corrected chi connectivity index (χ3v) is 3.90. The molecule has 8 nitrogen and oxygen atoms in total. The second kappa shape index (κ2) is 9.75. The Morgan fingerprint density at radius 2 is 2.00 bits per heavy atom. The quantitative estimate of drug-likeness (QED) is 0.336. The summed E-state index contributed by atoms with van der Waals surface area (Å²) in [7, 11) is 0. The van der Waals surface area contributed by atoms with E-state index in [0.29, 0.717) is 30.6 Å². The Hall–Kier alpha value is -2.45. The standard InChI is InChI=1S/C16H21ClN6O2/c17-13-7-3-2-6-12(13)10-20-16-21-11-14(23(24)25)15(22-16)19-9-5-1-4-8-18/h2-3,6-7,11H,1,4-5,8-10,18H2,(H2,19,20,21,22). The number of nitrogens with zero attached hydrogens (tertiary/aromatic N) is 3. The lowest BCUT2D eigenvalue weighted by Gasteiger charge is -2.09. The maximum absolute atomic E-state index is 11.1. The number of hydrogen-bond donors (Lipinski definition) is 3. The van der Waals surface area contributed by atoms with Gasteiger partial charge in [0, 0.05) is 18.1 Å². The molecule has 0 saturated heterocycles. The molecule has 4 N–H and O–H groups in total. The lowest BCUT2D eigenvalue weighted by Crippen LogP contribution is -2.10. The Bertz CT molecular complexity index is 713. The van der Waals surface area contributed by atoms with Gasteiger partial charge < -0.3 is 16.4 Å². The zero-order valence-corrected chi connectivity index (χ0v) is 14.5. The van der Waals surface area contributed by atoms with Gasteiger partial charge in [-0.2, -0.15) is 4.98 Å². The summed E-state index contributed by atoms with van der Waals surface area (Å²) in [6.45, 7) is 1.65. The normalized spacial score (nSPS) is 10.5. The molecular weight excluding hydrogens is 344 g/mol. The molecule has 25 heavy (non-hydrogen) atoms. The number of halogens is 1. The van der Waals surface area contributed by atoms with Crippen LogP contribution in [0.15, 0.2) is 30.5 Å². The Balaban J connectivity index is 2.02. The van der Waals surface area contributed by atoms with Crippen LogP contribution in [0.1, 0.15) is 24.8 Å². The molecule has 0 atom stereocenters. The van der Waals surface area contributed by atoms with Crippen LogP contribution < -0.4 is 16.4 Å². The van der Waals surface area contributed by atoms with Crippen LogP contribution in [-0.4, -0.2) is 28.0 Å². The molecule has 134 valence electrons. The van der Waals surface area contributed by atoms with Crippen LogP contribution in [0.4, 0.5) is 17.5 Å². The second-order valence-electron chi connectivity index (χ2n) is 5.41. The Morgan fingerprint density at radius 1 is 1.20 bits per heavy atom. The van der Waals surface area contributed by atoms with Crippen molar-refractivity contribution >= 4 is 29.1 Å². The fourth-order valence-electron chi connectivity index (χ4n) is 2.19. The fraction of sp³-hybridized carbons (Fsp3) is 0.375. The minimum Gasteiger partial charge on any atom is -0.364 e. The zero-order chi connectivity index (χ0) is 18.1. The van der Waals surface area contributed by atoms with Gasteiger partial charge >= 0.3 is 5.69 Å². The van der Waals surface area contributed by atoms with Gasteiger partial charge in [0.15, 0.2) is 0 Å². The van der Waals surface area contributed by atoms with Crippen molar-refractivity contribution in [2.45, 2.75) is 25.8 Å². The summed E-state index contributed by atoms with van der Waals surface area (Å²) in [6, 6.07) is 7.41. The highest BCUT2D eigenvalue weighted by molar-refractivity contribution is 6.31. The maximum Gasteiger partial charge on any atom is 0.329 e. The van der Waals surface area contributed by atoms with E-state index < -0.39 is 4.92 Å². The van der Waals surface area contributed by atoms with Crippen molar-refractivity contribution in [3.63, 3.8) is 0 Å². The number of benzene rings is 1. The van der Waals surface area contributed by atoms with Gasteiger partial charge in [-0.1, -0.05) is 36.2 Å². The van der Waals surface area contributed by atoms with Crippen LogP contribution in [0.3, 0.4) is 0 Å². The van der Waals surface area contributed by atoms with Gasteiger partial charge in [-0.25, -0.2) is 4.98 Å². The predicted molar refractivity (Wildman–Crippen MR) is 98.9 cm³/mol. The van der Waals surface area contributed by atoms with Crippen molar-refractivity contribution in [1.82, 2.24) is 9.97 Å². The van der Waals surface area contributed by atoms with Gasteiger partial charge in [0.1, 0.15) is 6.20 Å². The van der Waals surface area contributed by atoms with E-state index in [1.54, 1.807) is 6.07 Å². The average Bonchev–Trinajstić information content (AvgIpc) is 2.61. The van der Waals surface area contributed by atoms with E-state index in [0.717, 1.165) is 24.8 Å². The lowest BCUT2D eigenvalue weighted by molar-refractivity contribution is -0.384. The summed E-state index contributed by atoms with van der Waals surface area (Å²) in [5, 5.41) is 17.8. The molecule has 0 aliphatic rings. The topological polar surface area (TPSA) is 119 Å². The smallest absolute Gasteiger partial charge is 0.329 e. The van der Waals surface area contributed by atoms with Crippen LogP contribution in [0, 0.1) is 10.1 Å². The first-order valence-corrected chi connectivity index (χ1v) is 8.42. The Morgan fingerprint density at radius 3 is 2.72 bits per heavy atom. The van der Waals surface area contributed by atoms with E-state index in [1.807, 2.05) is 18.2 Å². The molecule has 1 aromatic heterocycles. The van der Waals surface area contributed by atoms with Crippen molar-refractivity contribution in [3.8, 4) is 0 Å². The second-order valence-corrected chi connectivity index (χ2v) is 5.81. The van der Waals surface area contributed by atoms with E-state index in [9.17, 15) is 10.1 Å². The highest BCUT2D eigenvalue weighted by Gasteiger charge is 2.17. The van der Waals surface area contributed by atoms with Gasteiger partial charge in [-0.05, 0) is 31.0 Å². The van der Waals surface area contributed by atoms with Crippen molar-refractivity contribution in [1.29, 1.82) is 0 Å². The Labute approximate surface area is 151 Å². The molecule has 1 aromatic carbocycles. The summed E-state index contributed by atoms with van der Waals surface area (Å²) < 4.78 is 0. The molecule has 0 aliphatic carbocycles. The molecule has 2 aromatic rings. The molecular formula is C16H21ClN6O2. The molecule has 0 bridgehead atoms. The number of nitrogens with two attached hydrogens (primary N) is 1. The van der Waals surface area contributed by atoms with E-state index in [4.69, 9.17) is 17.3 Å². The lowest BCUT2D eigenvalue weighted by atomic mass is 10.2. The maximum atomic E-state index is 11.1. The summed E-state index contributed by atoms with van der Waals surface area (Å²) in [4.78, 5) is 18.8. The number of aromatic nitrogens is 2. The zero-order valence-electron chi connectivity index (χ0n) is 13.7. The third-order valence-electron chi connectivity index (χ3n) is 3.53. The van der Waals surface area contributed by atoms with Crippen molar-refractivity contribution in [3.05, 3.63) is 51.2 Å². The van der Waals surface area contributed by atoms with Crippen molar-refractivity contribution in [2.75, 3.05) is 23.7 Å². The molecule has 0 saturated carbocycles. The summed E-state index contributed by atoms with van der Waals surface area (Å²) >= 11 is 6.11. The van der Waals surface area contributed by atoms with Crippen LogP contribution in [0.25, 0.3) is 0 Å². The number of unbranched alkanes of at least 4 members (excludes halogenated alkanes) is 2. The van der Waals surface area contributed by atoms with Crippen LogP contribution >= 0.6 is 11.6 Å². The minimum atomic E-state index is -0.500. The van der Waals surface area contributed by atoms with Gasteiger partial charge in [-0.3, -0.25) is 10.1 Å². The summed E-state index contributed by atoms with van der Waals surface area (Å²) in [5.74, 6) is 0.504. The largest absolute Gasteiger partial charge is 0.364 e. The van der Waals surface area contributed by atoms with Crippen LogP contribution in [0.5, 0.6) is 0 Å².